The highest BCUT2D eigenvalue weighted by Gasteiger charge is 2.40. The largest absolute Gasteiger partial charge is 0.445 e. The quantitative estimate of drug-likeness (QED) is 0.578. The fourth-order valence-corrected chi connectivity index (χ4v) is 5.79. The molecule has 34 heavy (non-hydrogen) atoms. The van der Waals surface area contributed by atoms with Crippen molar-refractivity contribution in [3.8, 4) is 11.1 Å². The molecule has 3 heterocycles. The predicted molar refractivity (Wildman–Crippen MR) is 124 cm³/mol. The molecular weight excluding hydrogens is 441 g/mol. The van der Waals surface area contributed by atoms with E-state index in [0.29, 0.717) is 11.5 Å². The fourth-order valence-electron chi connectivity index (χ4n) is 5.79. The average Bonchev–Trinajstić information content (AvgIpc) is 2.81. The van der Waals surface area contributed by atoms with Crippen molar-refractivity contribution in [2.75, 3.05) is 19.6 Å². The van der Waals surface area contributed by atoms with E-state index in [9.17, 15) is 18.0 Å². The van der Waals surface area contributed by atoms with Gasteiger partial charge in [-0.2, -0.15) is 13.2 Å². The molecule has 0 spiro atoms. The first kappa shape index (κ1) is 23.2. The van der Waals surface area contributed by atoms with E-state index in [1.807, 2.05) is 18.2 Å². The summed E-state index contributed by atoms with van der Waals surface area (Å²) in [5.74, 6) is 0.442. The van der Waals surface area contributed by atoms with Gasteiger partial charge in [0.05, 0.1) is 11.6 Å². The first-order chi connectivity index (χ1) is 16.1. The van der Waals surface area contributed by atoms with Crippen molar-refractivity contribution in [3.05, 3.63) is 59.2 Å². The number of nitrogens with zero attached hydrogens (tertiary/aromatic N) is 1. The highest BCUT2D eigenvalue weighted by Crippen LogP contribution is 2.45. The fraction of sp³-hybridized carbons (Fsp3) is 0.519. The molecule has 3 aliphatic heterocycles. The molecule has 2 bridgehead atoms. The molecule has 1 unspecified atom stereocenters. The van der Waals surface area contributed by atoms with Crippen LogP contribution in [0.15, 0.2) is 42.5 Å². The number of rotatable bonds is 3. The third kappa shape index (κ3) is 4.54. The zero-order valence-corrected chi connectivity index (χ0v) is 19.6. The summed E-state index contributed by atoms with van der Waals surface area (Å²) in [6.45, 7) is 7.25. The Labute approximate surface area is 198 Å². The lowest BCUT2D eigenvalue weighted by atomic mass is 9.70. The third-order valence-electron chi connectivity index (χ3n) is 7.91. The van der Waals surface area contributed by atoms with E-state index in [4.69, 9.17) is 4.74 Å². The SMILES string of the molecule is CC1(C)CCc2cc(-c3cccc(C(F)(F)F)c3)ccc2C1NC(=O)O[C@H]1CN2CCC1CC2. The van der Waals surface area contributed by atoms with Crippen LogP contribution in [0, 0.1) is 11.3 Å². The van der Waals surface area contributed by atoms with E-state index in [1.165, 1.54) is 12.1 Å². The van der Waals surface area contributed by atoms with Crippen LogP contribution in [-0.2, 0) is 17.3 Å². The molecule has 1 N–H and O–H groups in total. The van der Waals surface area contributed by atoms with Crippen LogP contribution in [0.25, 0.3) is 11.1 Å². The second kappa shape index (κ2) is 8.59. The van der Waals surface area contributed by atoms with E-state index in [1.54, 1.807) is 6.07 Å². The molecule has 0 aromatic heterocycles. The molecule has 2 aromatic rings. The highest BCUT2D eigenvalue weighted by atomic mass is 19.4. The molecule has 182 valence electrons. The Hall–Kier alpha value is -2.54. The number of carbonyl (C=O) groups is 1. The van der Waals surface area contributed by atoms with Gasteiger partial charge in [0.15, 0.2) is 0 Å². The Morgan fingerprint density at radius 1 is 1.09 bits per heavy atom. The van der Waals surface area contributed by atoms with Crippen LogP contribution in [0.3, 0.4) is 0 Å². The van der Waals surface area contributed by atoms with Crippen LogP contribution in [-0.4, -0.2) is 36.7 Å². The van der Waals surface area contributed by atoms with Crippen LogP contribution in [0.2, 0.25) is 0 Å². The summed E-state index contributed by atoms with van der Waals surface area (Å²) in [6.07, 6.45) is -0.997. The van der Waals surface area contributed by atoms with Crippen molar-refractivity contribution in [3.63, 3.8) is 0 Å². The molecule has 3 fully saturated rings. The molecule has 0 radical (unpaired) electrons. The van der Waals surface area contributed by atoms with E-state index < -0.39 is 11.7 Å². The molecule has 4 aliphatic rings. The van der Waals surface area contributed by atoms with Gasteiger partial charge >= 0.3 is 12.3 Å². The second-order valence-electron chi connectivity index (χ2n) is 10.6. The third-order valence-corrected chi connectivity index (χ3v) is 7.91. The molecule has 3 saturated heterocycles. The molecule has 7 heteroatoms. The van der Waals surface area contributed by atoms with Crippen LogP contribution in [0.1, 0.15) is 55.8 Å². The summed E-state index contributed by atoms with van der Waals surface area (Å²) in [5.41, 5.74) is 2.53. The lowest BCUT2D eigenvalue weighted by Gasteiger charge is -2.44. The average molecular weight is 473 g/mol. The van der Waals surface area contributed by atoms with Gasteiger partial charge in [0.2, 0.25) is 0 Å². The number of fused-ring (bicyclic) bond motifs is 4. The van der Waals surface area contributed by atoms with Gasteiger partial charge in [-0.3, -0.25) is 4.90 Å². The van der Waals surface area contributed by atoms with Gasteiger partial charge in [0, 0.05) is 6.54 Å². The number of alkyl halides is 3. The summed E-state index contributed by atoms with van der Waals surface area (Å²) in [4.78, 5) is 15.3. The van der Waals surface area contributed by atoms with Gasteiger partial charge < -0.3 is 10.1 Å². The van der Waals surface area contributed by atoms with Crippen molar-refractivity contribution in [1.82, 2.24) is 10.2 Å². The molecule has 2 atom stereocenters. The minimum atomic E-state index is -4.38. The molecular formula is C27H31F3N2O2. The van der Waals surface area contributed by atoms with Gasteiger partial charge in [0.25, 0.3) is 0 Å². The van der Waals surface area contributed by atoms with E-state index >= 15 is 0 Å². The van der Waals surface area contributed by atoms with Crippen molar-refractivity contribution < 1.29 is 22.7 Å². The number of nitrogens with one attached hydrogen (secondary N) is 1. The van der Waals surface area contributed by atoms with Crippen molar-refractivity contribution in [1.29, 1.82) is 0 Å². The lowest BCUT2D eigenvalue weighted by Crippen LogP contribution is -2.53. The van der Waals surface area contributed by atoms with E-state index in [-0.39, 0.29) is 23.7 Å². The minimum Gasteiger partial charge on any atom is -0.445 e. The number of ether oxygens (including phenoxy) is 1. The number of alkyl carbamates (subject to hydrolysis) is 1. The second-order valence-corrected chi connectivity index (χ2v) is 10.6. The molecule has 4 nitrogen and oxygen atoms in total. The summed E-state index contributed by atoms with van der Waals surface area (Å²) in [6, 6.07) is 11.0. The summed E-state index contributed by atoms with van der Waals surface area (Å²) >= 11 is 0. The van der Waals surface area contributed by atoms with Gasteiger partial charge in [-0.05, 0) is 84.5 Å². The molecule has 1 aliphatic carbocycles. The molecule has 0 saturated carbocycles. The Morgan fingerprint density at radius 3 is 2.50 bits per heavy atom. The smallest absolute Gasteiger partial charge is 0.416 e. The first-order valence-corrected chi connectivity index (χ1v) is 12.1. The summed E-state index contributed by atoms with van der Waals surface area (Å²) < 4.78 is 45.4. The number of halogens is 3. The summed E-state index contributed by atoms with van der Waals surface area (Å²) in [5, 5.41) is 3.13. The van der Waals surface area contributed by atoms with Crippen molar-refractivity contribution >= 4 is 6.09 Å². The molecule has 6 rings (SSSR count). The maximum Gasteiger partial charge on any atom is 0.416 e. The van der Waals surface area contributed by atoms with Crippen LogP contribution in [0.4, 0.5) is 18.0 Å². The number of aryl methyl sites for hydroxylation is 1. The predicted octanol–water partition coefficient (Wildman–Crippen LogP) is 6.21. The molecule has 1 amide bonds. The van der Waals surface area contributed by atoms with Crippen LogP contribution < -0.4 is 5.32 Å². The maximum absolute atomic E-state index is 13.2. The number of amides is 1. The zero-order valence-electron chi connectivity index (χ0n) is 19.6. The monoisotopic (exact) mass is 472 g/mol. The van der Waals surface area contributed by atoms with E-state index in [0.717, 1.165) is 68.1 Å². The Bertz CT molecular complexity index is 1070. The van der Waals surface area contributed by atoms with Gasteiger partial charge in [-0.25, -0.2) is 4.79 Å². The van der Waals surface area contributed by atoms with Gasteiger partial charge in [-0.15, -0.1) is 0 Å². The molecule has 2 aromatic carbocycles. The number of hydrogen-bond donors (Lipinski definition) is 1. The van der Waals surface area contributed by atoms with Crippen molar-refractivity contribution in [2.24, 2.45) is 11.3 Å². The van der Waals surface area contributed by atoms with E-state index in [2.05, 4.69) is 24.1 Å². The number of benzene rings is 2. The lowest BCUT2D eigenvalue weighted by molar-refractivity contribution is -0.137. The topological polar surface area (TPSA) is 41.6 Å². The number of carbonyl (C=O) groups excluding carboxylic acids is 1. The Kier molecular flexibility index (Phi) is 5.87. The Balaban J connectivity index is 1.36. The number of piperidine rings is 3. The Morgan fingerprint density at radius 2 is 1.82 bits per heavy atom. The maximum atomic E-state index is 13.2. The van der Waals surface area contributed by atoms with Crippen molar-refractivity contribution in [2.45, 2.75) is 57.9 Å². The first-order valence-electron chi connectivity index (χ1n) is 12.1. The van der Waals surface area contributed by atoms with Gasteiger partial charge in [-0.1, -0.05) is 44.2 Å². The number of hydrogen-bond acceptors (Lipinski definition) is 3. The van der Waals surface area contributed by atoms with Crippen LogP contribution >= 0.6 is 0 Å². The highest BCUT2D eigenvalue weighted by molar-refractivity contribution is 5.70. The zero-order chi connectivity index (χ0) is 24.1. The van der Waals surface area contributed by atoms with Gasteiger partial charge in [0.1, 0.15) is 6.10 Å². The minimum absolute atomic E-state index is 0.0584. The van der Waals surface area contributed by atoms with Crippen LogP contribution in [0.5, 0.6) is 0 Å². The normalized spacial score (nSPS) is 27.7. The summed E-state index contributed by atoms with van der Waals surface area (Å²) in [7, 11) is 0. The standard InChI is InChI=1S/C27H31F3N2O2/c1-26(2)11-8-20-14-19(18-4-3-5-21(15-18)27(28,29)30)6-7-22(20)24(26)31-25(33)34-23-16-32-12-9-17(23)10-13-32/h3-7,14-15,17,23-24H,8-13,16H2,1-2H3,(H,31,33)/t23-,24?/m0/s1.